The summed E-state index contributed by atoms with van der Waals surface area (Å²) in [5, 5.41) is 10.6. The molecule has 1 aliphatic carbocycles. The molecule has 0 bridgehead atoms. The number of nitrogens with zero attached hydrogens (tertiary/aromatic N) is 2. The lowest BCUT2D eigenvalue weighted by atomic mass is 9.96. The summed E-state index contributed by atoms with van der Waals surface area (Å²) in [5.41, 5.74) is 0. The lowest BCUT2D eigenvalue weighted by Crippen LogP contribution is -2.25. The van der Waals surface area contributed by atoms with Gasteiger partial charge in [-0.2, -0.15) is 0 Å². The molecule has 1 fully saturated rings. The highest BCUT2D eigenvalue weighted by Crippen LogP contribution is 2.31. The molecule has 6 heteroatoms. The number of methoxy groups -OCH3 is 1. The fourth-order valence-corrected chi connectivity index (χ4v) is 1.41. The quantitative estimate of drug-likeness (QED) is 0.577. The van der Waals surface area contributed by atoms with Crippen LogP contribution in [0.4, 0.5) is 5.82 Å². The first kappa shape index (κ1) is 10.7. The predicted octanol–water partition coefficient (Wildman–Crippen LogP) is 1.93. The maximum atomic E-state index is 10.6. The van der Waals surface area contributed by atoms with Crippen molar-refractivity contribution in [3.05, 3.63) is 22.2 Å². The van der Waals surface area contributed by atoms with Gasteiger partial charge in [0.2, 0.25) is 5.75 Å². The highest BCUT2D eigenvalue weighted by atomic mass is 16.6. The molecule has 1 aliphatic rings. The SMILES string of the molecule is COc1ccc([N+](=O)[O-])nc1OC1CCC1. The van der Waals surface area contributed by atoms with E-state index in [1.165, 1.54) is 19.2 Å². The summed E-state index contributed by atoms with van der Waals surface area (Å²) in [6.07, 6.45) is 3.17. The minimum absolute atomic E-state index is 0.114. The van der Waals surface area contributed by atoms with E-state index in [2.05, 4.69) is 4.98 Å². The molecule has 2 rings (SSSR count). The van der Waals surface area contributed by atoms with Gasteiger partial charge >= 0.3 is 11.7 Å². The van der Waals surface area contributed by atoms with E-state index in [0.717, 1.165) is 19.3 Å². The van der Waals surface area contributed by atoms with Crippen LogP contribution in [0.3, 0.4) is 0 Å². The molecule has 16 heavy (non-hydrogen) atoms. The van der Waals surface area contributed by atoms with Crippen molar-refractivity contribution >= 4 is 5.82 Å². The molecule has 0 unspecified atom stereocenters. The van der Waals surface area contributed by atoms with Crippen LogP contribution in [0.2, 0.25) is 0 Å². The smallest absolute Gasteiger partial charge is 0.371 e. The molecular weight excluding hydrogens is 212 g/mol. The van der Waals surface area contributed by atoms with Gasteiger partial charge in [0.25, 0.3) is 0 Å². The van der Waals surface area contributed by atoms with Gasteiger partial charge in [-0.25, -0.2) is 0 Å². The molecule has 0 aliphatic heterocycles. The van der Waals surface area contributed by atoms with E-state index in [1.807, 2.05) is 0 Å². The maximum absolute atomic E-state index is 10.6. The van der Waals surface area contributed by atoms with Crippen molar-refractivity contribution in [2.75, 3.05) is 7.11 Å². The topological polar surface area (TPSA) is 74.5 Å². The third-order valence-corrected chi connectivity index (χ3v) is 2.55. The van der Waals surface area contributed by atoms with Crippen molar-refractivity contribution in [3.63, 3.8) is 0 Å². The molecule has 0 atom stereocenters. The van der Waals surface area contributed by atoms with Crippen molar-refractivity contribution in [1.29, 1.82) is 0 Å². The molecule has 0 aromatic carbocycles. The Morgan fingerprint density at radius 1 is 1.50 bits per heavy atom. The average Bonchev–Trinajstić information content (AvgIpc) is 2.23. The summed E-state index contributed by atoms with van der Waals surface area (Å²) in [6.45, 7) is 0. The highest BCUT2D eigenvalue weighted by molar-refractivity contribution is 5.39. The second kappa shape index (κ2) is 4.34. The Hall–Kier alpha value is -1.85. The number of ether oxygens (including phenoxy) is 2. The van der Waals surface area contributed by atoms with Gasteiger partial charge in [-0.1, -0.05) is 0 Å². The zero-order valence-electron chi connectivity index (χ0n) is 8.88. The minimum Gasteiger partial charge on any atom is -0.489 e. The van der Waals surface area contributed by atoms with Gasteiger partial charge in [-0.3, -0.25) is 0 Å². The van der Waals surface area contributed by atoms with E-state index in [9.17, 15) is 10.1 Å². The Labute approximate surface area is 92.3 Å². The highest BCUT2D eigenvalue weighted by Gasteiger charge is 2.25. The number of aromatic nitrogens is 1. The van der Waals surface area contributed by atoms with Crippen LogP contribution in [0.25, 0.3) is 0 Å². The van der Waals surface area contributed by atoms with Crippen LogP contribution in [0.15, 0.2) is 12.1 Å². The van der Waals surface area contributed by atoms with Gasteiger partial charge in [0.05, 0.1) is 7.11 Å². The average molecular weight is 224 g/mol. The largest absolute Gasteiger partial charge is 0.489 e. The van der Waals surface area contributed by atoms with Gasteiger partial charge in [-0.05, 0) is 30.3 Å². The molecule has 0 radical (unpaired) electrons. The predicted molar refractivity (Wildman–Crippen MR) is 55.7 cm³/mol. The third-order valence-electron chi connectivity index (χ3n) is 2.55. The molecule has 86 valence electrons. The maximum Gasteiger partial charge on any atom is 0.371 e. The molecule has 0 saturated heterocycles. The summed E-state index contributed by atoms with van der Waals surface area (Å²) in [5.74, 6) is 0.411. The summed E-state index contributed by atoms with van der Waals surface area (Å²) in [6, 6.07) is 2.80. The molecule has 0 amide bonds. The van der Waals surface area contributed by atoms with Crippen LogP contribution in [-0.2, 0) is 0 Å². The standard InChI is InChI=1S/C10H12N2O4/c1-15-8-5-6-9(12(13)14)11-10(8)16-7-3-2-4-7/h5-7H,2-4H2,1H3. The lowest BCUT2D eigenvalue weighted by molar-refractivity contribution is -0.389. The first-order chi connectivity index (χ1) is 7.70. The first-order valence-corrected chi connectivity index (χ1v) is 5.07. The third kappa shape index (κ3) is 2.05. The normalized spacial score (nSPS) is 15.3. The van der Waals surface area contributed by atoms with Crippen molar-refractivity contribution in [1.82, 2.24) is 4.98 Å². The van der Waals surface area contributed by atoms with Gasteiger partial charge in [0.1, 0.15) is 6.10 Å². The van der Waals surface area contributed by atoms with Gasteiger partial charge in [0, 0.05) is 11.1 Å². The van der Waals surface area contributed by atoms with E-state index in [1.54, 1.807) is 0 Å². The van der Waals surface area contributed by atoms with Crippen LogP contribution < -0.4 is 9.47 Å². The van der Waals surface area contributed by atoms with E-state index in [0.29, 0.717) is 5.75 Å². The van der Waals surface area contributed by atoms with Crippen LogP contribution in [0.1, 0.15) is 19.3 Å². The second-order valence-corrected chi connectivity index (χ2v) is 3.60. The fourth-order valence-electron chi connectivity index (χ4n) is 1.41. The Bertz CT molecular complexity index is 404. The molecule has 6 nitrogen and oxygen atoms in total. The van der Waals surface area contributed by atoms with Crippen LogP contribution in [0.5, 0.6) is 11.6 Å². The number of hydrogen-bond donors (Lipinski definition) is 0. The van der Waals surface area contributed by atoms with Gasteiger partial charge < -0.3 is 19.6 Å². The summed E-state index contributed by atoms with van der Waals surface area (Å²) >= 11 is 0. The van der Waals surface area contributed by atoms with Crippen LogP contribution >= 0.6 is 0 Å². The summed E-state index contributed by atoms with van der Waals surface area (Å²) in [4.78, 5) is 13.8. The van der Waals surface area contributed by atoms with Crippen molar-refractivity contribution in [2.45, 2.75) is 25.4 Å². The zero-order chi connectivity index (χ0) is 11.5. The number of hydrogen-bond acceptors (Lipinski definition) is 5. The molecule has 0 spiro atoms. The Morgan fingerprint density at radius 3 is 2.75 bits per heavy atom. The van der Waals surface area contributed by atoms with Crippen molar-refractivity contribution in [2.24, 2.45) is 0 Å². The second-order valence-electron chi connectivity index (χ2n) is 3.60. The summed E-state index contributed by atoms with van der Waals surface area (Å²) < 4.78 is 10.6. The van der Waals surface area contributed by atoms with Crippen LogP contribution in [-0.4, -0.2) is 23.1 Å². The monoisotopic (exact) mass is 224 g/mol. The molecule has 1 aromatic rings. The summed E-state index contributed by atoms with van der Waals surface area (Å²) in [7, 11) is 1.48. The molecule has 1 aromatic heterocycles. The van der Waals surface area contributed by atoms with Gasteiger partial charge in [0.15, 0.2) is 0 Å². The minimum atomic E-state index is -0.549. The van der Waals surface area contributed by atoms with Gasteiger partial charge in [-0.15, -0.1) is 0 Å². The van der Waals surface area contributed by atoms with E-state index >= 15 is 0 Å². The Morgan fingerprint density at radius 2 is 2.25 bits per heavy atom. The lowest BCUT2D eigenvalue weighted by Gasteiger charge is -2.24. The fraction of sp³-hybridized carbons (Fsp3) is 0.500. The number of rotatable bonds is 4. The molecule has 1 saturated carbocycles. The molecular formula is C10H12N2O4. The van der Waals surface area contributed by atoms with Crippen molar-refractivity contribution < 1.29 is 14.4 Å². The Kier molecular flexibility index (Phi) is 2.89. The zero-order valence-corrected chi connectivity index (χ0v) is 8.88. The van der Waals surface area contributed by atoms with E-state index in [-0.39, 0.29) is 17.8 Å². The number of pyridine rings is 1. The Balaban J connectivity index is 2.23. The molecule has 0 N–H and O–H groups in total. The van der Waals surface area contributed by atoms with Crippen molar-refractivity contribution in [3.8, 4) is 11.6 Å². The molecule has 1 heterocycles. The van der Waals surface area contributed by atoms with Crippen LogP contribution in [0, 0.1) is 10.1 Å². The first-order valence-electron chi connectivity index (χ1n) is 5.07. The number of nitro groups is 1. The van der Waals surface area contributed by atoms with E-state index < -0.39 is 4.92 Å². The van der Waals surface area contributed by atoms with E-state index in [4.69, 9.17) is 9.47 Å².